The number of hydrogen-bond donors (Lipinski definition) is 0. The number of morpholine rings is 1. The van der Waals surface area contributed by atoms with E-state index in [9.17, 15) is 0 Å². The monoisotopic (exact) mass is 300 g/mol. The highest BCUT2D eigenvalue weighted by Crippen LogP contribution is 2.14. The lowest BCUT2D eigenvalue weighted by atomic mass is 10.1. The zero-order chi connectivity index (χ0) is 15.2. The number of nitrogens with zero attached hydrogens (tertiary/aromatic N) is 4. The molecule has 1 fully saturated rings. The fourth-order valence-corrected chi connectivity index (χ4v) is 2.95. The van der Waals surface area contributed by atoms with Crippen LogP contribution < -0.4 is 0 Å². The number of aryl methyl sites for hydroxylation is 2. The highest BCUT2D eigenvalue weighted by molar-refractivity contribution is 5.14. The van der Waals surface area contributed by atoms with Crippen molar-refractivity contribution in [1.82, 2.24) is 19.7 Å². The third-order valence-electron chi connectivity index (χ3n) is 4.18. The topological polar surface area (TPSA) is 43.2 Å². The Balaban J connectivity index is 1.51. The summed E-state index contributed by atoms with van der Waals surface area (Å²) in [6.45, 7) is 6.58. The summed E-state index contributed by atoms with van der Waals surface area (Å²) in [5.41, 5.74) is 1.38. The molecule has 1 aromatic heterocycles. The van der Waals surface area contributed by atoms with Crippen molar-refractivity contribution in [2.75, 3.05) is 19.7 Å². The Morgan fingerprint density at radius 3 is 2.95 bits per heavy atom. The van der Waals surface area contributed by atoms with Gasteiger partial charge < -0.3 is 4.74 Å². The first-order valence-corrected chi connectivity index (χ1v) is 8.09. The van der Waals surface area contributed by atoms with E-state index < -0.39 is 0 Å². The van der Waals surface area contributed by atoms with Crippen LogP contribution in [0.4, 0.5) is 0 Å². The van der Waals surface area contributed by atoms with Crippen molar-refractivity contribution < 1.29 is 4.74 Å². The van der Waals surface area contributed by atoms with Gasteiger partial charge in [-0.1, -0.05) is 30.3 Å². The molecule has 118 valence electrons. The van der Waals surface area contributed by atoms with Gasteiger partial charge in [0.2, 0.25) is 0 Å². The summed E-state index contributed by atoms with van der Waals surface area (Å²) in [5.74, 6) is 1.05. The summed E-state index contributed by atoms with van der Waals surface area (Å²) in [4.78, 5) is 6.80. The zero-order valence-electron chi connectivity index (χ0n) is 13.2. The van der Waals surface area contributed by atoms with Crippen molar-refractivity contribution in [3.8, 4) is 0 Å². The van der Waals surface area contributed by atoms with E-state index in [2.05, 4.69) is 52.2 Å². The van der Waals surface area contributed by atoms with E-state index in [1.54, 1.807) is 6.33 Å². The molecule has 22 heavy (non-hydrogen) atoms. The van der Waals surface area contributed by atoms with Crippen LogP contribution >= 0.6 is 0 Å². The fraction of sp³-hybridized carbons (Fsp3) is 0.529. The van der Waals surface area contributed by atoms with Crippen molar-refractivity contribution in [3.05, 3.63) is 48.0 Å². The van der Waals surface area contributed by atoms with Gasteiger partial charge in [-0.3, -0.25) is 4.90 Å². The Kier molecular flexibility index (Phi) is 5.19. The highest BCUT2D eigenvalue weighted by Gasteiger charge is 2.21. The molecule has 5 nitrogen and oxygen atoms in total. The van der Waals surface area contributed by atoms with E-state index in [1.165, 1.54) is 5.56 Å². The SMILES string of the molecule is CCn1ncnc1CN1CCOC(CCc2ccccc2)C1. The zero-order valence-corrected chi connectivity index (χ0v) is 13.2. The summed E-state index contributed by atoms with van der Waals surface area (Å²) in [7, 11) is 0. The number of rotatable bonds is 6. The van der Waals surface area contributed by atoms with Crippen molar-refractivity contribution in [2.45, 2.75) is 39.0 Å². The predicted octanol–water partition coefficient (Wildman–Crippen LogP) is 2.13. The molecular formula is C17H24N4O. The van der Waals surface area contributed by atoms with Gasteiger partial charge >= 0.3 is 0 Å². The first-order chi connectivity index (χ1) is 10.8. The number of aromatic nitrogens is 3. The molecule has 0 radical (unpaired) electrons. The second-order valence-electron chi connectivity index (χ2n) is 5.74. The summed E-state index contributed by atoms with van der Waals surface area (Å²) in [6.07, 6.45) is 4.10. The standard InChI is InChI=1S/C17H24N4O/c1-2-21-17(18-14-19-21)13-20-10-11-22-16(12-20)9-8-15-6-4-3-5-7-15/h3-7,14,16H,2,8-13H2,1H3. The maximum absolute atomic E-state index is 5.92. The van der Waals surface area contributed by atoms with E-state index in [-0.39, 0.29) is 0 Å². The Hall–Kier alpha value is -1.72. The number of benzene rings is 1. The molecule has 0 N–H and O–H groups in total. The molecule has 0 saturated carbocycles. The number of ether oxygens (including phenoxy) is 1. The van der Waals surface area contributed by atoms with Gasteiger partial charge in [0, 0.05) is 19.6 Å². The van der Waals surface area contributed by atoms with E-state index in [1.807, 2.05) is 4.68 Å². The van der Waals surface area contributed by atoms with Gasteiger partial charge in [-0.25, -0.2) is 9.67 Å². The second kappa shape index (κ2) is 7.51. The Labute approximate surface area is 131 Å². The maximum atomic E-state index is 5.92. The average molecular weight is 300 g/mol. The van der Waals surface area contributed by atoms with Crippen LogP contribution in [0.25, 0.3) is 0 Å². The van der Waals surface area contributed by atoms with Crippen molar-refractivity contribution in [2.24, 2.45) is 0 Å². The van der Waals surface area contributed by atoms with Gasteiger partial charge in [0.25, 0.3) is 0 Å². The molecule has 5 heteroatoms. The maximum Gasteiger partial charge on any atom is 0.140 e. The largest absolute Gasteiger partial charge is 0.376 e. The Morgan fingerprint density at radius 2 is 2.14 bits per heavy atom. The molecule has 0 bridgehead atoms. The van der Waals surface area contributed by atoms with Crippen molar-refractivity contribution in [3.63, 3.8) is 0 Å². The Morgan fingerprint density at radius 1 is 1.27 bits per heavy atom. The van der Waals surface area contributed by atoms with Gasteiger partial charge in [-0.15, -0.1) is 0 Å². The van der Waals surface area contributed by atoms with Crippen LogP contribution in [0.2, 0.25) is 0 Å². The molecular weight excluding hydrogens is 276 g/mol. The van der Waals surface area contributed by atoms with E-state index in [0.717, 1.165) is 51.5 Å². The molecule has 1 aliphatic rings. The van der Waals surface area contributed by atoms with Gasteiger partial charge in [-0.05, 0) is 25.3 Å². The van der Waals surface area contributed by atoms with Gasteiger partial charge in [0.15, 0.2) is 0 Å². The minimum atomic E-state index is 0.312. The van der Waals surface area contributed by atoms with Crippen molar-refractivity contribution >= 4 is 0 Å². The molecule has 1 unspecified atom stereocenters. The summed E-state index contributed by atoms with van der Waals surface area (Å²) in [6, 6.07) is 10.6. The lowest BCUT2D eigenvalue weighted by molar-refractivity contribution is -0.0356. The van der Waals surface area contributed by atoms with Gasteiger partial charge in [0.05, 0.1) is 19.3 Å². The lowest BCUT2D eigenvalue weighted by Crippen LogP contribution is -2.42. The van der Waals surface area contributed by atoms with Crippen LogP contribution in [0.15, 0.2) is 36.7 Å². The first kappa shape index (κ1) is 15.2. The molecule has 1 atom stereocenters. The van der Waals surface area contributed by atoms with Crippen LogP contribution in [0.5, 0.6) is 0 Å². The van der Waals surface area contributed by atoms with Crippen LogP contribution in [0.3, 0.4) is 0 Å². The van der Waals surface area contributed by atoms with Gasteiger partial charge in [0.1, 0.15) is 12.2 Å². The van der Waals surface area contributed by atoms with E-state index >= 15 is 0 Å². The quantitative estimate of drug-likeness (QED) is 0.820. The second-order valence-corrected chi connectivity index (χ2v) is 5.74. The molecule has 1 saturated heterocycles. The van der Waals surface area contributed by atoms with Crippen LogP contribution in [-0.4, -0.2) is 45.5 Å². The summed E-state index contributed by atoms with van der Waals surface area (Å²) < 4.78 is 7.89. The lowest BCUT2D eigenvalue weighted by Gasteiger charge is -2.32. The van der Waals surface area contributed by atoms with Crippen molar-refractivity contribution in [1.29, 1.82) is 0 Å². The molecule has 1 aromatic carbocycles. The third-order valence-corrected chi connectivity index (χ3v) is 4.18. The molecule has 3 rings (SSSR count). The van der Waals surface area contributed by atoms with E-state index in [4.69, 9.17) is 4.74 Å². The Bertz CT molecular complexity index is 569. The summed E-state index contributed by atoms with van der Waals surface area (Å²) in [5, 5.41) is 4.24. The summed E-state index contributed by atoms with van der Waals surface area (Å²) >= 11 is 0. The van der Waals surface area contributed by atoms with Crippen LogP contribution in [-0.2, 0) is 24.2 Å². The highest BCUT2D eigenvalue weighted by atomic mass is 16.5. The van der Waals surface area contributed by atoms with Gasteiger partial charge in [-0.2, -0.15) is 5.10 Å². The molecule has 0 amide bonds. The minimum Gasteiger partial charge on any atom is -0.376 e. The third kappa shape index (κ3) is 3.93. The normalized spacial score (nSPS) is 19.4. The molecule has 0 spiro atoms. The van der Waals surface area contributed by atoms with Crippen LogP contribution in [0.1, 0.15) is 24.7 Å². The average Bonchev–Trinajstić information content (AvgIpc) is 3.01. The molecule has 2 heterocycles. The van der Waals surface area contributed by atoms with Crippen LogP contribution in [0, 0.1) is 0 Å². The minimum absolute atomic E-state index is 0.312. The molecule has 2 aromatic rings. The first-order valence-electron chi connectivity index (χ1n) is 8.09. The molecule has 1 aliphatic heterocycles. The van der Waals surface area contributed by atoms with E-state index in [0.29, 0.717) is 6.10 Å². The smallest absolute Gasteiger partial charge is 0.140 e. The molecule has 0 aliphatic carbocycles. The predicted molar refractivity (Wildman–Crippen MR) is 85.5 cm³/mol. The number of hydrogen-bond acceptors (Lipinski definition) is 4. The fourth-order valence-electron chi connectivity index (χ4n) is 2.95.